The van der Waals surface area contributed by atoms with Crippen molar-refractivity contribution in [3.8, 4) is 0 Å². The molecular formula is C22H29N7. The molecule has 0 bridgehead atoms. The van der Waals surface area contributed by atoms with E-state index in [1.807, 2.05) is 24.1 Å². The first-order valence-corrected chi connectivity index (χ1v) is 10.6. The van der Waals surface area contributed by atoms with Crippen LogP contribution in [0.15, 0.2) is 30.7 Å². The third kappa shape index (κ3) is 3.44. The van der Waals surface area contributed by atoms with Crippen LogP contribution in [0.2, 0.25) is 0 Å². The number of hydrogen-bond acceptors (Lipinski definition) is 6. The van der Waals surface area contributed by atoms with Crippen LogP contribution in [-0.4, -0.2) is 59.0 Å². The Morgan fingerprint density at radius 1 is 1.00 bits per heavy atom. The number of aryl methyl sites for hydroxylation is 2. The number of hydrogen-bond donors (Lipinski definition) is 1. The Morgan fingerprint density at radius 2 is 1.79 bits per heavy atom. The van der Waals surface area contributed by atoms with Crippen LogP contribution in [-0.2, 0) is 7.05 Å². The Labute approximate surface area is 171 Å². The second-order valence-corrected chi connectivity index (χ2v) is 8.23. The molecule has 0 saturated carbocycles. The van der Waals surface area contributed by atoms with Crippen molar-refractivity contribution < 1.29 is 0 Å². The largest absolute Gasteiger partial charge is 0.371 e. The molecule has 2 saturated heterocycles. The molecule has 2 aliphatic heterocycles. The lowest BCUT2D eigenvalue weighted by Gasteiger charge is -2.35. The molecule has 0 unspecified atom stereocenters. The van der Waals surface area contributed by atoms with Crippen LogP contribution in [0, 0.1) is 6.92 Å². The summed E-state index contributed by atoms with van der Waals surface area (Å²) in [5, 5.41) is 8.94. The summed E-state index contributed by atoms with van der Waals surface area (Å²) < 4.78 is 1.85. The minimum atomic E-state index is 0.585. The molecule has 7 heteroatoms. The zero-order chi connectivity index (χ0) is 19.8. The predicted octanol–water partition coefficient (Wildman–Crippen LogP) is 2.47. The van der Waals surface area contributed by atoms with Gasteiger partial charge in [-0.2, -0.15) is 5.10 Å². The summed E-state index contributed by atoms with van der Waals surface area (Å²) in [5.74, 6) is 1.71. The first kappa shape index (κ1) is 18.4. The molecule has 7 nitrogen and oxygen atoms in total. The molecule has 0 amide bonds. The molecule has 0 aromatic carbocycles. The summed E-state index contributed by atoms with van der Waals surface area (Å²) in [6.45, 7) is 8.52. The molecule has 2 fully saturated rings. The lowest BCUT2D eigenvalue weighted by atomic mass is 9.87. The van der Waals surface area contributed by atoms with Crippen LogP contribution in [0.5, 0.6) is 0 Å². The maximum atomic E-state index is 4.82. The maximum absolute atomic E-state index is 4.82. The Kier molecular flexibility index (Phi) is 4.83. The van der Waals surface area contributed by atoms with Crippen LogP contribution < -0.4 is 15.1 Å². The summed E-state index contributed by atoms with van der Waals surface area (Å²) in [6, 6.07) is 4.41. The highest BCUT2D eigenvalue weighted by Gasteiger charge is 2.24. The molecule has 0 atom stereocenters. The van der Waals surface area contributed by atoms with E-state index in [-0.39, 0.29) is 0 Å². The monoisotopic (exact) mass is 391 g/mol. The van der Waals surface area contributed by atoms with Crippen LogP contribution >= 0.6 is 0 Å². The number of nitrogens with zero attached hydrogens (tertiary/aromatic N) is 6. The zero-order valence-electron chi connectivity index (χ0n) is 17.3. The topological polar surface area (TPSA) is 62.1 Å². The van der Waals surface area contributed by atoms with Gasteiger partial charge in [-0.3, -0.25) is 4.68 Å². The van der Waals surface area contributed by atoms with Gasteiger partial charge in [-0.15, -0.1) is 0 Å². The van der Waals surface area contributed by atoms with E-state index in [0.29, 0.717) is 5.92 Å². The number of pyridine rings is 2. The predicted molar refractivity (Wildman–Crippen MR) is 117 cm³/mol. The first-order valence-electron chi connectivity index (χ1n) is 10.6. The summed E-state index contributed by atoms with van der Waals surface area (Å²) in [5.41, 5.74) is 5.01. The van der Waals surface area contributed by atoms with E-state index in [0.717, 1.165) is 69.0 Å². The van der Waals surface area contributed by atoms with E-state index in [2.05, 4.69) is 50.5 Å². The van der Waals surface area contributed by atoms with Crippen molar-refractivity contribution in [1.29, 1.82) is 0 Å². The van der Waals surface area contributed by atoms with Gasteiger partial charge < -0.3 is 15.1 Å². The van der Waals surface area contributed by atoms with Gasteiger partial charge in [-0.1, -0.05) is 0 Å². The number of piperazine rings is 1. The minimum absolute atomic E-state index is 0.585. The Hall–Kier alpha value is -2.67. The molecular weight excluding hydrogens is 362 g/mol. The van der Waals surface area contributed by atoms with Gasteiger partial charge in [-0.25, -0.2) is 9.97 Å². The Bertz CT molecular complexity index is 998. The van der Waals surface area contributed by atoms with E-state index in [1.165, 1.54) is 16.8 Å². The molecule has 0 radical (unpaired) electrons. The second-order valence-electron chi connectivity index (χ2n) is 8.23. The summed E-state index contributed by atoms with van der Waals surface area (Å²) in [4.78, 5) is 14.2. The summed E-state index contributed by atoms with van der Waals surface area (Å²) >= 11 is 0. The number of piperidine rings is 1. The fourth-order valence-corrected chi connectivity index (χ4v) is 4.79. The number of anilines is 2. The third-order valence-electron chi connectivity index (χ3n) is 6.47. The van der Waals surface area contributed by atoms with Gasteiger partial charge in [0.05, 0.1) is 17.3 Å². The number of rotatable bonds is 3. The molecule has 152 valence electrons. The van der Waals surface area contributed by atoms with E-state index in [9.17, 15) is 0 Å². The lowest BCUT2D eigenvalue weighted by molar-refractivity contribution is 0.503. The highest BCUT2D eigenvalue weighted by Crippen LogP contribution is 2.34. The molecule has 5 heterocycles. The third-order valence-corrected chi connectivity index (χ3v) is 6.47. The van der Waals surface area contributed by atoms with E-state index in [1.54, 1.807) is 0 Å². The zero-order valence-corrected chi connectivity index (χ0v) is 17.3. The normalized spacial score (nSPS) is 18.6. The molecule has 5 rings (SSSR count). The molecule has 3 aromatic heterocycles. The van der Waals surface area contributed by atoms with Crippen molar-refractivity contribution in [2.24, 2.45) is 7.05 Å². The molecule has 1 N–H and O–H groups in total. The van der Waals surface area contributed by atoms with Gasteiger partial charge in [0, 0.05) is 58.7 Å². The van der Waals surface area contributed by atoms with Gasteiger partial charge in [0.1, 0.15) is 5.82 Å². The molecule has 0 spiro atoms. The van der Waals surface area contributed by atoms with E-state index in [4.69, 9.17) is 4.98 Å². The maximum Gasteiger partial charge on any atom is 0.159 e. The number of fused-ring (bicyclic) bond motifs is 1. The Balaban J connectivity index is 1.30. The average Bonchev–Trinajstić information content (AvgIpc) is 3.16. The quantitative estimate of drug-likeness (QED) is 0.740. The highest BCUT2D eigenvalue weighted by atomic mass is 15.3. The second kappa shape index (κ2) is 7.63. The number of aromatic nitrogens is 4. The fourth-order valence-electron chi connectivity index (χ4n) is 4.79. The van der Waals surface area contributed by atoms with Crippen molar-refractivity contribution in [2.75, 3.05) is 49.1 Å². The number of nitrogens with one attached hydrogen (secondary N) is 1. The molecule has 0 aliphatic carbocycles. The van der Waals surface area contributed by atoms with Crippen molar-refractivity contribution in [2.45, 2.75) is 25.7 Å². The summed E-state index contributed by atoms with van der Waals surface area (Å²) in [6.07, 6.45) is 8.28. The molecule has 3 aromatic rings. The average molecular weight is 392 g/mol. The highest BCUT2D eigenvalue weighted by molar-refractivity contribution is 5.89. The van der Waals surface area contributed by atoms with Crippen LogP contribution in [0.1, 0.15) is 29.9 Å². The minimum Gasteiger partial charge on any atom is -0.371 e. The van der Waals surface area contributed by atoms with E-state index < -0.39 is 0 Å². The van der Waals surface area contributed by atoms with Crippen LogP contribution in [0.3, 0.4) is 0 Å². The van der Waals surface area contributed by atoms with Crippen LogP contribution in [0.25, 0.3) is 11.0 Å². The van der Waals surface area contributed by atoms with Gasteiger partial charge in [0.15, 0.2) is 5.65 Å². The SMILES string of the molecule is Cc1cc(N2CCNCC2)ncc1C1CCN(c2ccnc3c2cnn3C)CC1. The van der Waals surface area contributed by atoms with Crippen molar-refractivity contribution >= 4 is 22.5 Å². The smallest absolute Gasteiger partial charge is 0.159 e. The molecule has 29 heavy (non-hydrogen) atoms. The van der Waals surface area contributed by atoms with Gasteiger partial charge >= 0.3 is 0 Å². The van der Waals surface area contributed by atoms with Crippen molar-refractivity contribution in [3.05, 3.63) is 41.9 Å². The molecule has 2 aliphatic rings. The first-order chi connectivity index (χ1) is 14.2. The van der Waals surface area contributed by atoms with Crippen LogP contribution in [0.4, 0.5) is 11.5 Å². The Morgan fingerprint density at radius 3 is 2.55 bits per heavy atom. The van der Waals surface area contributed by atoms with Gasteiger partial charge in [0.2, 0.25) is 0 Å². The fraction of sp³-hybridized carbons (Fsp3) is 0.500. The lowest BCUT2D eigenvalue weighted by Crippen LogP contribution is -2.43. The summed E-state index contributed by atoms with van der Waals surface area (Å²) in [7, 11) is 1.95. The standard InChI is InChI=1S/C22H29N7/c1-16-13-21(29-11-7-23-8-12-29)25-14-18(16)17-4-9-28(10-5-17)20-3-6-24-22-19(20)15-26-27(22)2/h3,6,13-15,17,23H,4-5,7-12H2,1-2H3. The van der Waals surface area contributed by atoms with E-state index >= 15 is 0 Å². The van der Waals surface area contributed by atoms with Gasteiger partial charge in [0.25, 0.3) is 0 Å². The van der Waals surface area contributed by atoms with Gasteiger partial charge in [-0.05, 0) is 48.9 Å². The van der Waals surface area contributed by atoms with Crippen molar-refractivity contribution in [1.82, 2.24) is 25.1 Å². The van der Waals surface area contributed by atoms with Crippen molar-refractivity contribution in [3.63, 3.8) is 0 Å².